The third-order valence-corrected chi connectivity index (χ3v) is 14.0. The summed E-state index contributed by atoms with van der Waals surface area (Å²) in [4.78, 5) is 24.0. The number of aliphatic carboxylic acids is 2. The van der Waals surface area contributed by atoms with Gasteiger partial charge < -0.3 is 48.5 Å². The molecule has 0 radical (unpaired) electrons. The molecule has 0 aromatic rings. The Morgan fingerprint density at radius 3 is 2.25 bits per heavy atom. The van der Waals surface area contributed by atoms with Crippen LogP contribution in [0, 0.1) is 41.4 Å². The number of carboxylic acid groups (broad SMARTS) is 2. The molecule has 0 bridgehead atoms. The molecule has 294 valence electrons. The Hall–Kier alpha value is -1.38. The van der Waals surface area contributed by atoms with Crippen LogP contribution in [-0.2, 0) is 42.7 Å². The quantitative estimate of drug-likeness (QED) is 0.214. The van der Waals surface area contributed by atoms with Crippen LogP contribution < -0.4 is 0 Å². The number of rotatable bonds is 13. The van der Waals surface area contributed by atoms with E-state index in [1.54, 1.807) is 14.0 Å². The highest BCUT2D eigenvalue weighted by molar-refractivity contribution is 5.70. The molecule has 5 aliphatic rings. The molecule has 5 heterocycles. The second-order valence-corrected chi connectivity index (χ2v) is 17.3. The molecule has 1 spiro atoms. The van der Waals surface area contributed by atoms with E-state index in [9.17, 15) is 24.9 Å². The van der Waals surface area contributed by atoms with Gasteiger partial charge in [0.05, 0.1) is 60.4 Å². The fourth-order valence-electron chi connectivity index (χ4n) is 10.8. The van der Waals surface area contributed by atoms with Crippen molar-refractivity contribution < 1.29 is 58.1 Å². The third kappa shape index (κ3) is 7.51. The first-order chi connectivity index (χ1) is 23.9. The van der Waals surface area contributed by atoms with E-state index in [4.69, 9.17) is 33.2 Å². The van der Waals surface area contributed by atoms with Crippen molar-refractivity contribution in [2.24, 2.45) is 41.4 Å². The Kier molecular flexibility index (Phi) is 12.3. The summed E-state index contributed by atoms with van der Waals surface area (Å²) >= 11 is 0. The second-order valence-electron chi connectivity index (χ2n) is 17.3. The van der Waals surface area contributed by atoms with Crippen LogP contribution in [0.2, 0.25) is 0 Å². The predicted octanol–water partition coefficient (Wildman–Crippen LogP) is 5.66. The van der Waals surface area contributed by atoms with Crippen LogP contribution in [0.3, 0.4) is 0 Å². The van der Waals surface area contributed by atoms with E-state index in [1.807, 2.05) is 13.8 Å². The number of hydrogen-bond donors (Lipinski definition) is 3. The number of carbonyl (C=O) groups is 2. The van der Waals surface area contributed by atoms with Crippen molar-refractivity contribution in [1.29, 1.82) is 0 Å². The maximum absolute atomic E-state index is 12.1. The van der Waals surface area contributed by atoms with Gasteiger partial charge in [-0.2, -0.15) is 0 Å². The van der Waals surface area contributed by atoms with Crippen LogP contribution in [-0.4, -0.2) is 107 Å². The number of carboxylic acids is 2. The summed E-state index contributed by atoms with van der Waals surface area (Å²) in [5.74, 6) is -4.83. The molecule has 2 unspecified atom stereocenters. The molecule has 5 fully saturated rings. The second kappa shape index (κ2) is 15.4. The van der Waals surface area contributed by atoms with Gasteiger partial charge in [0.1, 0.15) is 0 Å². The SMILES string of the molecule is CC[C@@]1(C2O[C@@H]([C@H]3O[C@](CO)(OC)[C@H](C)C[C@@H]3C)C[C@@H]2C)CCC([C@]2(C)CC[C@]3(C[C@H](CC(=O)O)[C@@H](C)[C@@H]([C@@H](C)[C@@H](OC)[C@H](C)C(=O)O)O3)O2)O1. The molecule has 5 saturated heterocycles. The van der Waals surface area contributed by atoms with Crippen molar-refractivity contribution in [3.05, 3.63) is 0 Å². The van der Waals surface area contributed by atoms with Gasteiger partial charge in [0.15, 0.2) is 11.6 Å². The van der Waals surface area contributed by atoms with Gasteiger partial charge in [-0.1, -0.05) is 41.5 Å². The van der Waals surface area contributed by atoms with E-state index in [1.165, 1.54) is 7.11 Å². The van der Waals surface area contributed by atoms with Gasteiger partial charge in [0.2, 0.25) is 0 Å². The minimum Gasteiger partial charge on any atom is -0.481 e. The largest absolute Gasteiger partial charge is 0.481 e. The lowest BCUT2D eigenvalue weighted by Gasteiger charge is -2.50. The first-order valence-electron chi connectivity index (χ1n) is 19.5. The van der Waals surface area contributed by atoms with Gasteiger partial charge in [-0.15, -0.1) is 0 Å². The Morgan fingerprint density at radius 1 is 0.961 bits per heavy atom. The van der Waals surface area contributed by atoms with Crippen LogP contribution in [0.1, 0.15) is 113 Å². The van der Waals surface area contributed by atoms with Crippen LogP contribution in [0.4, 0.5) is 0 Å². The zero-order chi connectivity index (χ0) is 37.7. The van der Waals surface area contributed by atoms with Gasteiger partial charge in [-0.3, -0.25) is 9.59 Å². The number of methoxy groups -OCH3 is 2. The molecule has 5 aliphatic heterocycles. The first-order valence-corrected chi connectivity index (χ1v) is 19.5. The fraction of sp³-hybridized carbons (Fsp3) is 0.949. The minimum absolute atomic E-state index is 0.0231. The highest BCUT2D eigenvalue weighted by Gasteiger charge is 2.62. The van der Waals surface area contributed by atoms with E-state index in [-0.39, 0.29) is 73.0 Å². The van der Waals surface area contributed by atoms with Crippen molar-refractivity contribution in [2.75, 3.05) is 20.8 Å². The number of ether oxygens (including phenoxy) is 7. The maximum atomic E-state index is 12.1. The van der Waals surface area contributed by atoms with Gasteiger partial charge in [-0.05, 0) is 76.0 Å². The summed E-state index contributed by atoms with van der Waals surface area (Å²) < 4.78 is 46.1. The van der Waals surface area contributed by atoms with Crippen molar-refractivity contribution in [3.63, 3.8) is 0 Å². The van der Waals surface area contributed by atoms with E-state index >= 15 is 0 Å². The van der Waals surface area contributed by atoms with Crippen LogP contribution in [0.15, 0.2) is 0 Å². The van der Waals surface area contributed by atoms with Crippen molar-refractivity contribution in [2.45, 2.75) is 173 Å². The summed E-state index contributed by atoms with van der Waals surface area (Å²) in [6.45, 7) is 16.1. The molecule has 17 atom stereocenters. The van der Waals surface area contributed by atoms with Gasteiger partial charge in [0, 0.05) is 45.3 Å². The topological polar surface area (TPSA) is 159 Å². The zero-order valence-corrected chi connectivity index (χ0v) is 32.6. The molecule has 12 heteroatoms. The van der Waals surface area contributed by atoms with Crippen molar-refractivity contribution in [1.82, 2.24) is 0 Å². The lowest BCUT2D eigenvalue weighted by Crippen LogP contribution is -2.57. The third-order valence-electron chi connectivity index (χ3n) is 14.0. The summed E-state index contributed by atoms with van der Waals surface area (Å²) in [5, 5.41) is 29.9. The molecular weight excluding hydrogens is 660 g/mol. The smallest absolute Gasteiger partial charge is 0.308 e. The Bertz CT molecular complexity index is 1230. The van der Waals surface area contributed by atoms with Crippen molar-refractivity contribution in [3.8, 4) is 0 Å². The number of aliphatic hydroxyl groups excluding tert-OH is 1. The lowest BCUT2D eigenvalue weighted by molar-refractivity contribution is -0.335. The summed E-state index contributed by atoms with van der Waals surface area (Å²) in [6, 6.07) is 0. The zero-order valence-electron chi connectivity index (χ0n) is 32.6. The standard InChI is InChI=1S/C39H66O12/c1-11-37(34-22(3)17-28(47-34)31-21(2)16-23(4)39(20-40,46-10)50-31)13-12-29(48-37)36(8)14-15-38(51-36)19-27(18-30(41)42)24(5)33(49-38)25(6)32(45-9)26(7)35(43)44/h21-29,31-34,40H,11-20H2,1-10H3,(H,41,42)(H,43,44)/t21-,22-,23+,24+,25-,26-,27-,28+,29?,31-,32+,33-,34?,36-,37-,38+,39-/m0/s1. The molecule has 0 aromatic carbocycles. The molecule has 5 rings (SSSR count). The maximum Gasteiger partial charge on any atom is 0.308 e. The molecule has 12 nitrogen and oxygen atoms in total. The van der Waals surface area contributed by atoms with E-state index in [0.717, 1.165) is 32.1 Å². The van der Waals surface area contributed by atoms with Gasteiger partial charge in [0.25, 0.3) is 0 Å². The summed E-state index contributed by atoms with van der Waals surface area (Å²) in [6.07, 6.45) is 3.96. The molecular formula is C39H66O12. The minimum atomic E-state index is -1.04. The van der Waals surface area contributed by atoms with Crippen LogP contribution in [0.5, 0.6) is 0 Å². The van der Waals surface area contributed by atoms with Gasteiger partial charge >= 0.3 is 11.9 Å². The molecule has 3 N–H and O–H groups in total. The highest BCUT2D eigenvalue weighted by Crippen LogP contribution is 2.56. The Morgan fingerprint density at radius 2 is 1.67 bits per heavy atom. The number of hydrogen-bond acceptors (Lipinski definition) is 10. The summed E-state index contributed by atoms with van der Waals surface area (Å²) in [5.41, 5.74) is -1.18. The average Bonchev–Trinajstić information content (AvgIpc) is 3.79. The molecule has 0 amide bonds. The molecule has 0 aliphatic carbocycles. The van der Waals surface area contributed by atoms with Crippen molar-refractivity contribution >= 4 is 11.9 Å². The Balaban J connectivity index is 1.33. The first kappa shape index (κ1) is 40.8. The summed E-state index contributed by atoms with van der Waals surface area (Å²) in [7, 11) is 3.11. The molecule has 0 aromatic heterocycles. The monoisotopic (exact) mass is 726 g/mol. The predicted molar refractivity (Wildman–Crippen MR) is 187 cm³/mol. The fourth-order valence-corrected chi connectivity index (χ4v) is 10.8. The van der Waals surface area contributed by atoms with Gasteiger partial charge in [-0.25, -0.2) is 0 Å². The lowest BCUT2D eigenvalue weighted by atomic mass is 9.73. The molecule has 51 heavy (non-hydrogen) atoms. The van der Waals surface area contributed by atoms with Crippen LogP contribution >= 0.6 is 0 Å². The normalized spacial score (nSPS) is 47.7. The van der Waals surface area contributed by atoms with E-state index in [0.29, 0.717) is 19.3 Å². The number of aliphatic hydroxyl groups is 1. The van der Waals surface area contributed by atoms with E-state index in [2.05, 4.69) is 34.6 Å². The highest BCUT2D eigenvalue weighted by atomic mass is 16.7. The average molecular weight is 727 g/mol. The van der Waals surface area contributed by atoms with Crippen LogP contribution in [0.25, 0.3) is 0 Å². The van der Waals surface area contributed by atoms with E-state index < -0.39 is 52.8 Å². The Labute approximate surface area is 304 Å². The molecule has 0 saturated carbocycles.